The van der Waals surface area contributed by atoms with Crippen LogP contribution in [0.15, 0.2) is 36.9 Å². The highest BCUT2D eigenvalue weighted by molar-refractivity contribution is 5.67. The van der Waals surface area contributed by atoms with Gasteiger partial charge in [0.2, 0.25) is 0 Å². The Balaban J connectivity index is 2.66. The summed E-state index contributed by atoms with van der Waals surface area (Å²) in [5.74, 6) is -0.786. The van der Waals surface area contributed by atoms with Crippen LogP contribution in [0, 0.1) is 0 Å². The third-order valence-corrected chi connectivity index (χ3v) is 2.91. The van der Waals surface area contributed by atoms with E-state index >= 15 is 0 Å². The van der Waals surface area contributed by atoms with Crippen molar-refractivity contribution in [1.29, 1.82) is 0 Å². The van der Waals surface area contributed by atoms with Crippen molar-refractivity contribution in [3.8, 4) is 0 Å². The van der Waals surface area contributed by atoms with Gasteiger partial charge in [0.15, 0.2) is 0 Å². The van der Waals surface area contributed by atoms with E-state index in [0.717, 1.165) is 11.3 Å². The molecule has 0 aliphatic carbocycles. The fourth-order valence-corrected chi connectivity index (χ4v) is 1.89. The standard InChI is InChI=1S/C15H22N2O2/c1-4-9-16-13(11-15(18)19)10-12-5-7-14(8-6-12)17(2)3/h4-8,13,16H,1,9-11H2,2-3H3,(H,18,19). The number of benzene rings is 1. The Morgan fingerprint density at radius 2 is 2.05 bits per heavy atom. The molecule has 0 radical (unpaired) electrons. The normalized spacial score (nSPS) is 11.9. The molecule has 0 aliphatic rings. The largest absolute Gasteiger partial charge is 0.481 e. The monoisotopic (exact) mass is 262 g/mol. The second kappa shape index (κ2) is 7.59. The van der Waals surface area contributed by atoms with Gasteiger partial charge in [0, 0.05) is 32.4 Å². The minimum atomic E-state index is -0.786. The molecule has 1 rings (SSSR count). The minimum Gasteiger partial charge on any atom is -0.481 e. The van der Waals surface area contributed by atoms with Crippen molar-refractivity contribution in [2.24, 2.45) is 0 Å². The zero-order chi connectivity index (χ0) is 14.3. The molecule has 0 fully saturated rings. The van der Waals surface area contributed by atoms with E-state index in [9.17, 15) is 4.79 Å². The van der Waals surface area contributed by atoms with E-state index in [1.54, 1.807) is 6.08 Å². The molecule has 0 amide bonds. The Kier molecular flexibility index (Phi) is 6.09. The van der Waals surface area contributed by atoms with Gasteiger partial charge in [-0.1, -0.05) is 18.2 Å². The molecule has 0 saturated carbocycles. The summed E-state index contributed by atoms with van der Waals surface area (Å²) in [6, 6.07) is 8.10. The van der Waals surface area contributed by atoms with Crippen LogP contribution in [0.5, 0.6) is 0 Å². The molecule has 4 heteroatoms. The first kappa shape index (κ1) is 15.2. The summed E-state index contributed by atoms with van der Waals surface area (Å²) in [6.07, 6.45) is 2.56. The van der Waals surface area contributed by atoms with E-state index in [-0.39, 0.29) is 12.5 Å². The fraction of sp³-hybridized carbons (Fsp3) is 0.400. The van der Waals surface area contributed by atoms with Gasteiger partial charge in [-0.25, -0.2) is 0 Å². The Morgan fingerprint density at radius 3 is 2.53 bits per heavy atom. The van der Waals surface area contributed by atoms with Crippen molar-refractivity contribution in [1.82, 2.24) is 5.32 Å². The van der Waals surface area contributed by atoms with Gasteiger partial charge >= 0.3 is 5.97 Å². The van der Waals surface area contributed by atoms with Crippen LogP contribution in [-0.4, -0.2) is 37.8 Å². The second-order valence-corrected chi connectivity index (χ2v) is 4.76. The van der Waals surface area contributed by atoms with Gasteiger partial charge in [0.1, 0.15) is 0 Å². The molecule has 1 atom stereocenters. The SMILES string of the molecule is C=CCNC(CC(=O)O)Cc1ccc(N(C)C)cc1. The Hall–Kier alpha value is -1.81. The highest BCUT2D eigenvalue weighted by atomic mass is 16.4. The van der Waals surface area contributed by atoms with E-state index in [4.69, 9.17) is 5.11 Å². The molecule has 4 nitrogen and oxygen atoms in total. The molecule has 19 heavy (non-hydrogen) atoms. The third kappa shape index (κ3) is 5.57. The number of carbonyl (C=O) groups is 1. The Morgan fingerprint density at radius 1 is 1.42 bits per heavy atom. The summed E-state index contributed by atoms with van der Waals surface area (Å²) in [7, 11) is 3.99. The zero-order valence-corrected chi connectivity index (χ0v) is 11.6. The van der Waals surface area contributed by atoms with Crippen molar-refractivity contribution >= 4 is 11.7 Å². The molecule has 0 saturated heterocycles. The molecule has 104 valence electrons. The van der Waals surface area contributed by atoms with E-state index in [1.807, 2.05) is 43.3 Å². The lowest BCUT2D eigenvalue weighted by Crippen LogP contribution is -2.33. The van der Waals surface area contributed by atoms with Gasteiger partial charge in [0.05, 0.1) is 6.42 Å². The average molecular weight is 262 g/mol. The first-order chi connectivity index (χ1) is 9.02. The van der Waals surface area contributed by atoms with Crippen molar-refractivity contribution in [3.63, 3.8) is 0 Å². The van der Waals surface area contributed by atoms with Crippen LogP contribution in [0.25, 0.3) is 0 Å². The number of carboxylic acids is 1. The van der Waals surface area contributed by atoms with Gasteiger partial charge in [0.25, 0.3) is 0 Å². The van der Waals surface area contributed by atoms with Crippen LogP contribution in [-0.2, 0) is 11.2 Å². The van der Waals surface area contributed by atoms with Crippen molar-refractivity contribution in [2.45, 2.75) is 18.9 Å². The van der Waals surface area contributed by atoms with Gasteiger partial charge in [-0.3, -0.25) is 4.79 Å². The number of carboxylic acid groups (broad SMARTS) is 1. The summed E-state index contributed by atoms with van der Waals surface area (Å²) in [5, 5.41) is 12.1. The first-order valence-corrected chi connectivity index (χ1v) is 6.35. The van der Waals surface area contributed by atoms with Crippen LogP contribution in [0.3, 0.4) is 0 Å². The van der Waals surface area contributed by atoms with E-state index in [0.29, 0.717) is 13.0 Å². The molecule has 2 N–H and O–H groups in total. The molecule has 0 aliphatic heterocycles. The van der Waals surface area contributed by atoms with E-state index in [1.165, 1.54) is 0 Å². The zero-order valence-electron chi connectivity index (χ0n) is 11.6. The lowest BCUT2D eigenvalue weighted by Gasteiger charge is -2.17. The maximum absolute atomic E-state index is 10.8. The number of rotatable bonds is 8. The van der Waals surface area contributed by atoms with Crippen molar-refractivity contribution < 1.29 is 9.90 Å². The van der Waals surface area contributed by atoms with Crippen molar-refractivity contribution in [3.05, 3.63) is 42.5 Å². The lowest BCUT2D eigenvalue weighted by molar-refractivity contribution is -0.137. The quantitative estimate of drug-likeness (QED) is 0.703. The molecular weight excluding hydrogens is 240 g/mol. The maximum atomic E-state index is 10.8. The first-order valence-electron chi connectivity index (χ1n) is 6.35. The van der Waals surface area contributed by atoms with Crippen LogP contribution in [0.4, 0.5) is 5.69 Å². The maximum Gasteiger partial charge on any atom is 0.304 e. The Labute approximate surface area is 114 Å². The number of aliphatic carboxylic acids is 1. The number of nitrogens with one attached hydrogen (secondary N) is 1. The predicted molar refractivity (Wildman–Crippen MR) is 78.7 cm³/mol. The van der Waals surface area contributed by atoms with Crippen molar-refractivity contribution in [2.75, 3.05) is 25.5 Å². The van der Waals surface area contributed by atoms with Crippen LogP contribution >= 0.6 is 0 Å². The smallest absolute Gasteiger partial charge is 0.304 e. The number of hydrogen-bond donors (Lipinski definition) is 2. The number of anilines is 1. The predicted octanol–water partition coefficient (Wildman–Crippen LogP) is 1.91. The molecule has 1 unspecified atom stereocenters. The Bertz CT molecular complexity index is 413. The van der Waals surface area contributed by atoms with Gasteiger partial charge in [-0.2, -0.15) is 0 Å². The van der Waals surface area contributed by atoms with E-state index in [2.05, 4.69) is 11.9 Å². The third-order valence-electron chi connectivity index (χ3n) is 2.91. The van der Waals surface area contributed by atoms with Gasteiger partial charge < -0.3 is 15.3 Å². The summed E-state index contributed by atoms with van der Waals surface area (Å²) in [6.45, 7) is 4.25. The van der Waals surface area contributed by atoms with Gasteiger partial charge in [-0.15, -0.1) is 6.58 Å². The second-order valence-electron chi connectivity index (χ2n) is 4.76. The molecule has 0 spiro atoms. The minimum absolute atomic E-state index is 0.0688. The topological polar surface area (TPSA) is 52.6 Å². The molecule has 0 aromatic heterocycles. The highest BCUT2D eigenvalue weighted by Crippen LogP contribution is 2.14. The van der Waals surface area contributed by atoms with Crippen LogP contribution in [0.1, 0.15) is 12.0 Å². The molecule has 0 bridgehead atoms. The van der Waals surface area contributed by atoms with Gasteiger partial charge in [-0.05, 0) is 24.1 Å². The summed E-state index contributed by atoms with van der Waals surface area (Å²) >= 11 is 0. The highest BCUT2D eigenvalue weighted by Gasteiger charge is 2.12. The average Bonchev–Trinajstić information content (AvgIpc) is 2.36. The number of hydrogen-bond acceptors (Lipinski definition) is 3. The van der Waals surface area contributed by atoms with E-state index < -0.39 is 5.97 Å². The van der Waals surface area contributed by atoms with Crippen LogP contribution < -0.4 is 10.2 Å². The molecule has 0 heterocycles. The summed E-state index contributed by atoms with van der Waals surface area (Å²) < 4.78 is 0. The summed E-state index contributed by atoms with van der Waals surface area (Å²) in [4.78, 5) is 12.9. The molecular formula is C15H22N2O2. The van der Waals surface area contributed by atoms with Crippen LogP contribution in [0.2, 0.25) is 0 Å². The summed E-state index contributed by atoms with van der Waals surface area (Å²) in [5.41, 5.74) is 2.27. The molecule has 1 aromatic carbocycles. The number of nitrogens with zero attached hydrogens (tertiary/aromatic N) is 1. The fourth-order valence-electron chi connectivity index (χ4n) is 1.89. The lowest BCUT2D eigenvalue weighted by atomic mass is 10.0. The molecule has 1 aromatic rings.